The highest BCUT2D eigenvalue weighted by Crippen LogP contribution is 2.29. The van der Waals surface area contributed by atoms with Gasteiger partial charge in [-0.15, -0.1) is 0 Å². The van der Waals surface area contributed by atoms with Crippen LogP contribution in [0.25, 0.3) is 0 Å². The molecule has 0 radical (unpaired) electrons. The highest BCUT2D eigenvalue weighted by atomic mass is 19.4. The molecule has 3 rings (SSSR count). The smallest absolute Gasteiger partial charge is 0.341 e. The first-order valence-corrected chi connectivity index (χ1v) is 8.99. The summed E-state index contributed by atoms with van der Waals surface area (Å²) in [7, 11) is 0. The molecule has 0 aromatic heterocycles. The number of benzene rings is 3. The quantitative estimate of drug-likeness (QED) is 0.503. The molecule has 0 fully saturated rings. The van der Waals surface area contributed by atoms with Gasteiger partial charge in [0.2, 0.25) is 0 Å². The molecular weight excluding hydrogens is 391 g/mol. The monoisotopic (exact) mass is 407 g/mol. The van der Waals surface area contributed by atoms with Gasteiger partial charge >= 0.3 is 6.18 Å². The van der Waals surface area contributed by atoms with Crippen LogP contribution in [-0.4, -0.2) is 18.2 Å². The number of rotatable bonds is 4. The number of amides is 1. The Morgan fingerprint density at radius 3 is 2.20 bits per heavy atom. The van der Waals surface area contributed by atoms with E-state index in [1.165, 1.54) is 18.2 Å². The lowest BCUT2D eigenvalue weighted by atomic mass is 9.98. The number of halogens is 3. The van der Waals surface area contributed by atoms with E-state index in [2.05, 4.69) is 17.2 Å². The topological polar surface area (TPSA) is 46.2 Å². The van der Waals surface area contributed by atoms with Crippen molar-refractivity contribution >= 4 is 11.7 Å². The number of hydrogen-bond donors (Lipinski definition) is 1. The van der Waals surface area contributed by atoms with Crippen LogP contribution < -0.4 is 5.32 Å². The van der Waals surface area contributed by atoms with Crippen LogP contribution in [-0.2, 0) is 6.18 Å². The summed E-state index contributed by atoms with van der Waals surface area (Å²) in [6.45, 7) is -0.0804. The molecule has 3 nitrogen and oxygen atoms in total. The summed E-state index contributed by atoms with van der Waals surface area (Å²) in [5.41, 5.74) is 0.326. The first-order chi connectivity index (χ1) is 14.4. The summed E-state index contributed by atoms with van der Waals surface area (Å²) < 4.78 is 38.2. The predicted octanol–water partition coefficient (Wildman–Crippen LogP) is 4.72. The van der Waals surface area contributed by atoms with Gasteiger partial charge in [-0.2, -0.15) is 13.2 Å². The van der Waals surface area contributed by atoms with E-state index in [1.807, 2.05) is 0 Å². The molecule has 30 heavy (non-hydrogen) atoms. The molecule has 0 heterocycles. The average molecular weight is 407 g/mol. The SMILES string of the molecule is O=C(NCC#Cc1cccc(C(F)(F)F)c1)c1ccccc1C(=O)c1ccccc1. The van der Waals surface area contributed by atoms with Crippen LogP contribution in [0, 0.1) is 11.8 Å². The molecule has 0 aliphatic rings. The average Bonchev–Trinajstić information content (AvgIpc) is 2.76. The van der Waals surface area contributed by atoms with Crippen molar-refractivity contribution in [2.75, 3.05) is 6.54 Å². The Kier molecular flexibility index (Phi) is 6.33. The zero-order valence-electron chi connectivity index (χ0n) is 15.7. The fraction of sp³-hybridized carbons (Fsp3) is 0.0833. The summed E-state index contributed by atoms with van der Waals surface area (Å²) in [5.74, 6) is 4.45. The van der Waals surface area contributed by atoms with E-state index < -0.39 is 17.6 Å². The Balaban J connectivity index is 1.70. The largest absolute Gasteiger partial charge is 0.416 e. The van der Waals surface area contributed by atoms with Crippen molar-refractivity contribution in [3.8, 4) is 11.8 Å². The summed E-state index contributed by atoms with van der Waals surface area (Å²) in [6, 6.07) is 19.6. The molecule has 0 bridgehead atoms. The predicted molar refractivity (Wildman–Crippen MR) is 107 cm³/mol. The number of ketones is 1. The van der Waals surface area contributed by atoms with Gasteiger partial charge in [0.15, 0.2) is 5.78 Å². The molecule has 0 unspecified atom stereocenters. The first-order valence-electron chi connectivity index (χ1n) is 8.99. The van der Waals surface area contributed by atoms with Crippen LogP contribution in [0.4, 0.5) is 13.2 Å². The molecule has 3 aromatic rings. The van der Waals surface area contributed by atoms with Crippen LogP contribution in [0.5, 0.6) is 0 Å². The Labute approximate surface area is 171 Å². The van der Waals surface area contributed by atoms with Crippen LogP contribution in [0.1, 0.15) is 37.4 Å². The summed E-state index contributed by atoms with van der Waals surface area (Å²) in [4.78, 5) is 25.2. The van der Waals surface area contributed by atoms with E-state index in [1.54, 1.807) is 48.5 Å². The zero-order valence-corrected chi connectivity index (χ0v) is 15.7. The lowest BCUT2D eigenvalue weighted by Gasteiger charge is -2.08. The van der Waals surface area contributed by atoms with Gasteiger partial charge in [0, 0.05) is 16.7 Å². The van der Waals surface area contributed by atoms with Gasteiger partial charge in [-0.1, -0.05) is 66.4 Å². The van der Waals surface area contributed by atoms with E-state index in [0.717, 1.165) is 12.1 Å². The highest BCUT2D eigenvalue weighted by Gasteiger charge is 2.30. The fourth-order valence-electron chi connectivity index (χ4n) is 2.76. The van der Waals surface area contributed by atoms with E-state index in [4.69, 9.17) is 0 Å². The minimum absolute atomic E-state index is 0.0804. The second-order valence-corrected chi connectivity index (χ2v) is 6.30. The Morgan fingerprint density at radius 2 is 1.50 bits per heavy atom. The van der Waals surface area contributed by atoms with Crippen molar-refractivity contribution in [3.63, 3.8) is 0 Å². The molecular formula is C24H16F3NO2. The van der Waals surface area contributed by atoms with Crippen molar-refractivity contribution in [2.24, 2.45) is 0 Å². The number of carbonyl (C=O) groups excluding carboxylic acids is 2. The van der Waals surface area contributed by atoms with Crippen molar-refractivity contribution in [2.45, 2.75) is 6.18 Å². The Hall–Kier alpha value is -3.85. The second-order valence-electron chi connectivity index (χ2n) is 6.30. The minimum Gasteiger partial charge on any atom is -0.341 e. The zero-order chi connectivity index (χ0) is 21.6. The number of nitrogens with one attached hydrogen (secondary N) is 1. The standard InChI is InChI=1S/C24H16F3NO2/c25-24(26,27)19-12-6-8-17(16-19)9-7-15-28-23(30)21-14-5-4-13-20(21)22(29)18-10-2-1-3-11-18/h1-6,8,10-14,16H,15H2,(H,28,30). The molecule has 0 saturated carbocycles. The van der Waals surface area contributed by atoms with E-state index in [0.29, 0.717) is 5.56 Å². The third-order valence-corrected chi connectivity index (χ3v) is 4.21. The first kappa shape index (κ1) is 20.9. The number of hydrogen-bond acceptors (Lipinski definition) is 2. The normalized spacial score (nSPS) is 10.6. The Morgan fingerprint density at radius 1 is 0.833 bits per heavy atom. The third kappa shape index (κ3) is 5.15. The van der Waals surface area contributed by atoms with Gasteiger partial charge in [-0.05, 0) is 24.3 Å². The highest BCUT2D eigenvalue weighted by molar-refractivity contribution is 6.15. The molecule has 150 valence electrons. The molecule has 1 amide bonds. The van der Waals surface area contributed by atoms with E-state index in [9.17, 15) is 22.8 Å². The van der Waals surface area contributed by atoms with Crippen molar-refractivity contribution in [3.05, 3.63) is 107 Å². The third-order valence-electron chi connectivity index (χ3n) is 4.21. The van der Waals surface area contributed by atoms with E-state index >= 15 is 0 Å². The lowest BCUT2D eigenvalue weighted by Crippen LogP contribution is -2.25. The molecule has 3 aromatic carbocycles. The molecule has 0 spiro atoms. The van der Waals surface area contributed by atoms with Crippen LogP contribution >= 0.6 is 0 Å². The summed E-state index contributed by atoms with van der Waals surface area (Å²) in [6.07, 6.45) is -4.44. The molecule has 6 heteroatoms. The molecule has 0 atom stereocenters. The van der Waals surface area contributed by atoms with Crippen molar-refractivity contribution < 1.29 is 22.8 Å². The second kappa shape index (κ2) is 9.10. The van der Waals surface area contributed by atoms with Gasteiger partial charge in [0.1, 0.15) is 0 Å². The van der Waals surface area contributed by atoms with Crippen LogP contribution in [0.2, 0.25) is 0 Å². The maximum atomic E-state index is 12.7. The van der Waals surface area contributed by atoms with Gasteiger partial charge in [0.05, 0.1) is 17.7 Å². The maximum Gasteiger partial charge on any atom is 0.416 e. The summed E-state index contributed by atoms with van der Waals surface area (Å²) in [5, 5.41) is 2.57. The van der Waals surface area contributed by atoms with Gasteiger partial charge in [0.25, 0.3) is 5.91 Å². The van der Waals surface area contributed by atoms with Crippen LogP contribution in [0.15, 0.2) is 78.9 Å². The fourth-order valence-corrected chi connectivity index (χ4v) is 2.76. The van der Waals surface area contributed by atoms with Crippen molar-refractivity contribution in [1.29, 1.82) is 0 Å². The molecule has 1 N–H and O–H groups in total. The van der Waals surface area contributed by atoms with Crippen LogP contribution in [0.3, 0.4) is 0 Å². The Bertz CT molecular complexity index is 1130. The minimum atomic E-state index is -4.44. The van der Waals surface area contributed by atoms with Gasteiger partial charge in [-0.3, -0.25) is 9.59 Å². The van der Waals surface area contributed by atoms with E-state index in [-0.39, 0.29) is 29.0 Å². The summed E-state index contributed by atoms with van der Waals surface area (Å²) >= 11 is 0. The number of alkyl halides is 3. The van der Waals surface area contributed by atoms with Gasteiger partial charge in [-0.25, -0.2) is 0 Å². The molecule has 0 aliphatic carbocycles. The lowest BCUT2D eigenvalue weighted by molar-refractivity contribution is -0.137. The number of carbonyl (C=O) groups is 2. The molecule has 0 saturated heterocycles. The van der Waals surface area contributed by atoms with Gasteiger partial charge < -0.3 is 5.32 Å². The van der Waals surface area contributed by atoms with Crippen molar-refractivity contribution in [1.82, 2.24) is 5.32 Å². The molecule has 0 aliphatic heterocycles. The maximum absolute atomic E-state index is 12.7.